The fraction of sp³-hybridized carbons (Fsp3) is 0.833. The molecule has 1 aliphatic carbocycles. The van der Waals surface area contributed by atoms with Crippen molar-refractivity contribution in [2.75, 3.05) is 19.6 Å². The number of rotatable bonds is 6. The Morgan fingerprint density at radius 3 is 2.28 bits per heavy atom. The predicted molar refractivity (Wildman–Crippen MR) is 66.2 cm³/mol. The number of likely N-dealkylation sites (N-methyl/N-ethyl adjacent to an activating group) is 1. The Hall–Kier alpha value is -1.30. The maximum atomic E-state index is 11.9. The highest BCUT2D eigenvalue weighted by Gasteiger charge is 2.50. The lowest BCUT2D eigenvalue weighted by Crippen LogP contribution is -2.48. The Morgan fingerprint density at radius 1 is 1.39 bits per heavy atom. The highest BCUT2D eigenvalue weighted by Crippen LogP contribution is 2.45. The largest absolute Gasteiger partial charge is 0.481 e. The number of aliphatic carboxylic acids is 1. The Bertz CT molecular complexity index is 331. The van der Waals surface area contributed by atoms with Gasteiger partial charge in [0.15, 0.2) is 0 Å². The normalized spacial score (nSPS) is 17.1. The fourth-order valence-corrected chi connectivity index (χ4v) is 1.77. The van der Waals surface area contributed by atoms with Gasteiger partial charge in [0.2, 0.25) is 0 Å². The first-order valence-corrected chi connectivity index (χ1v) is 6.19. The second-order valence-corrected chi connectivity index (χ2v) is 5.57. The number of carboxylic acid groups (broad SMARTS) is 1. The summed E-state index contributed by atoms with van der Waals surface area (Å²) in [5, 5.41) is 21.3. The number of hydrogen-bond acceptors (Lipinski definition) is 3. The minimum atomic E-state index is -0.961. The Morgan fingerprint density at radius 2 is 1.94 bits per heavy atom. The summed E-state index contributed by atoms with van der Waals surface area (Å²) in [6, 6.07) is -0.327. The number of carboxylic acids is 1. The highest BCUT2D eigenvalue weighted by atomic mass is 16.4. The van der Waals surface area contributed by atoms with Gasteiger partial charge in [-0.05, 0) is 33.6 Å². The molecule has 1 rings (SSSR count). The lowest BCUT2D eigenvalue weighted by Gasteiger charge is -2.28. The van der Waals surface area contributed by atoms with Crippen LogP contribution in [0.3, 0.4) is 0 Å². The maximum absolute atomic E-state index is 11.9. The van der Waals surface area contributed by atoms with Gasteiger partial charge < -0.3 is 20.4 Å². The van der Waals surface area contributed by atoms with Gasteiger partial charge in [-0.2, -0.15) is 0 Å². The number of amides is 2. The van der Waals surface area contributed by atoms with Crippen LogP contribution in [-0.4, -0.2) is 52.3 Å². The van der Waals surface area contributed by atoms with Crippen molar-refractivity contribution in [3.63, 3.8) is 0 Å². The van der Waals surface area contributed by atoms with Crippen molar-refractivity contribution in [1.29, 1.82) is 0 Å². The molecule has 0 atom stereocenters. The Balaban J connectivity index is 2.46. The molecule has 0 radical (unpaired) electrons. The third kappa shape index (κ3) is 3.87. The molecule has 0 bridgehead atoms. The second-order valence-electron chi connectivity index (χ2n) is 5.57. The van der Waals surface area contributed by atoms with Crippen LogP contribution in [0.5, 0.6) is 0 Å². The summed E-state index contributed by atoms with van der Waals surface area (Å²) < 4.78 is 0. The molecule has 0 aliphatic heterocycles. The van der Waals surface area contributed by atoms with E-state index in [1.807, 2.05) is 6.92 Å². The SMILES string of the molecule is CCN(CC(C)(C)O)C(=O)NCC1(C(=O)O)CC1. The highest BCUT2D eigenvalue weighted by molar-refractivity contribution is 5.80. The van der Waals surface area contributed by atoms with Crippen LogP contribution in [0.2, 0.25) is 0 Å². The molecule has 104 valence electrons. The van der Waals surface area contributed by atoms with Crippen LogP contribution >= 0.6 is 0 Å². The Kier molecular flexibility index (Phi) is 4.21. The molecule has 0 heterocycles. The standard InChI is InChI=1S/C12H22N2O4/c1-4-14(8-11(2,3)18)10(17)13-7-12(5-6-12)9(15)16/h18H,4-8H2,1-3H3,(H,13,17)(H,15,16). The average Bonchev–Trinajstić information content (AvgIpc) is 3.02. The van der Waals surface area contributed by atoms with Gasteiger partial charge in [0.1, 0.15) is 0 Å². The molecule has 0 spiro atoms. The summed E-state index contributed by atoms with van der Waals surface area (Å²) in [5.41, 5.74) is -1.72. The van der Waals surface area contributed by atoms with Crippen LogP contribution in [0.4, 0.5) is 4.79 Å². The summed E-state index contributed by atoms with van der Waals surface area (Å²) >= 11 is 0. The van der Waals surface area contributed by atoms with Crippen molar-refractivity contribution >= 4 is 12.0 Å². The predicted octanol–water partition coefficient (Wildman–Crippen LogP) is 0.654. The molecule has 6 heteroatoms. The van der Waals surface area contributed by atoms with Crippen molar-refractivity contribution in [3.8, 4) is 0 Å². The van der Waals surface area contributed by atoms with Gasteiger partial charge in [-0.15, -0.1) is 0 Å². The van der Waals surface area contributed by atoms with Crippen molar-refractivity contribution in [2.45, 2.75) is 39.2 Å². The molecule has 0 aromatic carbocycles. The molecule has 1 fully saturated rings. The molecular weight excluding hydrogens is 236 g/mol. The van der Waals surface area contributed by atoms with E-state index in [4.69, 9.17) is 5.11 Å². The van der Waals surface area contributed by atoms with Crippen molar-refractivity contribution in [3.05, 3.63) is 0 Å². The van der Waals surface area contributed by atoms with Gasteiger partial charge in [-0.3, -0.25) is 4.79 Å². The molecule has 0 unspecified atom stereocenters. The number of aliphatic hydroxyl groups is 1. The monoisotopic (exact) mass is 258 g/mol. The number of carbonyl (C=O) groups excluding carboxylic acids is 1. The summed E-state index contributed by atoms with van der Waals surface area (Å²) in [6.45, 7) is 5.91. The molecule has 0 aromatic rings. The first-order valence-electron chi connectivity index (χ1n) is 6.19. The quantitative estimate of drug-likeness (QED) is 0.652. The zero-order chi connectivity index (χ0) is 14.0. The molecule has 18 heavy (non-hydrogen) atoms. The third-order valence-electron chi connectivity index (χ3n) is 3.13. The first-order chi connectivity index (χ1) is 8.20. The summed E-state index contributed by atoms with van der Waals surface area (Å²) in [6.07, 6.45) is 1.22. The molecule has 6 nitrogen and oxygen atoms in total. The smallest absolute Gasteiger partial charge is 0.317 e. The summed E-state index contributed by atoms with van der Waals surface area (Å²) in [7, 11) is 0. The average molecular weight is 258 g/mol. The van der Waals surface area contributed by atoms with Gasteiger partial charge in [-0.1, -0.05) is 0 Å². The van der Waals surface area contributed by atoms with Crippen molar-refractivity contribution in [2.24, 2.45) is 5.41 Å². The number of carbonyl (C=O) groups is 2. The van der Waals surface area contributed by atoms with E-state index in [0.717, 1.165) is 0 Å². The van der Waals surface area contributed by atoms with Crippen LogP contribution < -0.4 is 5.32 Å². The van der Waals surface area contributed by atoms with Crippen LogP contribution in [0, 0.1) is 5.41 Å². The van der Waals surface area contributed by atoms with Crippen LogP contribution in [0.1, 0.15) is 33.6 Å². The fourth-order valence-electron chi connectivity index (χ4n) is 1.77. The van der Waals surface area contributed by atoms with E-state index < -0.39 is 17.0 Å². The van der Waals surface area contributed by atoms with E-state index in [2.05, 4.69) is 5.32 Å². The number of hydrogen-bond donors (Lipinski definition) is 3. The van der Waals surface area contributed by atoms with Crippen LogP contribution in [-0.2, 0) is 4.79 Å². The zero-order valence-electron chi connectivity index (χ0n) is 11.2. The number of nitrogens with zero attached hydrogens (tertiary/aromatic N) is 1. The first kappa shape index (κ1) is 14.8. The summed E-state index contributed by atoms with van der Waals surface area (Å²) in [4.78, 5) is 24.3. The molecule has 0 saturated heterocycles. The zero-order valence-corrected chi connectivity index (χ0v) is 11.2. The van der Waals surface area contributed by atoms with E-state index in [1.165, 1.54) is 4.90 Å². The van der Waals surface area contributed by atoms with Gasteiger partial charge in [0.25, 0.3) is 0 Å². The lowest BCUT2D eigenvalue weighted by molar-refractivity contribution is -0.143. The third-order valence-corrected chi connectivity index (χ3v) is 3.13. The number of urea groups is 1. The second kappa shape index (κ2) is 5.14. The molecule has 2 amide bonds. The summed E-state index contributed by atoms with van der Waals surface area (Å²) in [5.74, 6) is -0.853. The van der Waals surface area contributed by atoms with E-state index in [-0.39, 0.29) is 19.1 Å². The minimum Gasteiger partial charge on any atom is -0.481 e. The topological polar surface area (TPSA) is 89.9 Å². The molecular formula is C12H22N2O4. The van der Waals surface area contributed by atoms with E-state index in [1.54, 1.807) is 13.8 Å². The Labute approximate surface area is 107 Å². The van der Waals surface area contributed by atoms with Crippen LogP contribution in [0.15, 0.2) is 0 Å². The van der Waals surface area contributed by atoms with Gasteiger partial charge in [0.05, 0.1) is 17.6 Å². The number of nitrogens with one attached hydrogen (secondary N) is 1. The van der Waals surface area contributed by atoms with E-state index >= 15 is 0 Å². The van der Waals surface area contributed by atoms with Crippen LogP contribution in [0.25, 0.3) is 0 Å². The van der Waals surface area contributed by atoms with E-state index in [9.17, 15) is 14.7 Å². The van der Waals surface area contributed by atoms with Crippen molar-refractivity contribution < 1.29 is 19.8 Å². The molecule has 3 N–H and O–H groups in total. The van der Waals surface area contributed by atoms with Gasteiger partial charge in [0, 0.05) is 13.1 Å². The molecule has 0 aromatic heterocycles. The molecule has 1 aliphatic rings. The van der Waals surface area contributed by atoms with Crippen molar-refractivity contribution in [1.82, 2.24) is 10.2 Å². The minimum absolute atomic E-state index is 0.156. The maximum Gasteiger partial charge on any atom is 0.317 e. The molecule has 1 saturated carbocycles. The van der Waals surface area contributed by atoms with Gasteiger partial charge in [-0.25, -0.2) is 4.79 Å². The lowest BCUT2D eigenvalue weighted by atomic mass is 10.1. The van der Waals surface area contributed by atoms with E-state index in [0.29, 0.717) is 19.4 Å². The van der Waals surface area contributed by atoms with Gasteiger partial charge >= 0.3 is 12.0 Å².